The molecule has 2 N–H and O–H groups in total. The molecule has 0 aliphatic carbocycles. The fourth-order valence-corrected chi connectivity index (χ4v) is 3.27. The van der Waals surface area contributed by atoms with Crippen molar-refractivity contribution in [3.8, 4) is 11.5 Å². The Morgan fingerprint density at radius 1 is 1.12 bits per heavy atom. The molecule has 3 aromatic rings. The summed E-state index contributed by atoms with van der Waals surface area (Å²) >= 11 is 0. The van der Waals surface area contributed by atoms with E-state index in [9.17, 15) is 4.79 Å². The van der Waals surface area contributed by atoms with E-state index < -0.39 is 5.41 Å². The first kappa shape index (κ1) is 24.6. The summed E-state index contributed by atoms with van der Waals surface area (Å²) in [6, 6.07) is 15.3. The van der Waals surface area contributed by atoms with Crippen molar-refractivity contribution in [3.63, 3.8) is 0 Å². The topological polar surface area (TPSA) is 109 Å². The van der Waals surface area contributed by atoms with Gasteiger partial charge in [-0.05, 0) is 63.1 Å². The minimum absolute atomic E-state index is 0.162. The van der Waals surface area contributed by atoms with Gasteiger partial charge in [0.1, 0.15) is 23.9 Å². The highest BCUT2D eigenvalue weighted by Crippen LogP contribution is 2.32. The Morgan fingerprint density at radius 2 is 1.78 bits per heavy atom. The van der Waals surface area contributed by atoms with Crippen molar-refractivity contribution < 1.29 is 23.9 Å². The van der Waals surface area contributed by atoms with Crippen molar-refractivity contribution >= 4 is 28.5 Å². The molecule has 0 spiro atoms. The molecule has 168 valence electrons. The predicted molar refractivity (Wildman–Crippen MR) is 121 cm³/mol. The van der Waals surface area contributed by atoms with Crippen LogP contribution in [0.25, 0.3) is 10.9 Å². The summed E-state index contributed by atoms with van der Waals surface area (Å²) in [6.07, 6.45) is 1.40. The number of methoxy groups -OCH3 is 1. The predicted octanol–water partition coefficient (Wildman–Crippen LogP) is 4.16. The van der Waals surface area contributed by atoms with Crippen LogP contribution in [-0.2, 0) is 20.8 Å². The highest BCUT2D eigenvalue weighted by Gasteiger charge is 2.28. The molecule has 3 rings (SSSR count). The number of fused-ring (bicyclic) bond motifs is 1. The number of aromatic nitrogens is 1. The summed E-state index contributed by atoms with van der Waals surface area (Å²) in [5.41, 5.74) is 8.98. The van der Waals surface area contributed by atoms with Crippen molar-refractivity contribution in [2.24, 2.45) is 5.41 Å². The third-order valence-electron chi connectivity index (χ3n) is 5.10. The summed E-state index contributed by atoms with van der Waals surface area (Å²) in [5.74, 6) is 1.63. The molecule has 0 aliphatic heterocycles. The van der Waals surface area contributed by atoms with Gasteiger partial charge in [0.25, 0.3) is 0 Å². The molecule has 2 aromatic carbocycles. The summed E-state index contributed by atoms with van der Waals surface area (Å²) in [7, 11) is 1.64. The van der Waals surface area contributed by atoms with Crippen LogP contribution in [0.3, 0.4) is 0 Å². The molecule has 7 nitrogen and oxygen atoms in total. The van der Waals surface area contributed by atoms with Crippen LogP contribution in [0.2, 0.25) is 0 Å². The Balaban J connectivity index is 0.00000114. The fraction of sp³-hybridized carbons (Fsp3) is 0.320. The molecule has 7 heteroatoms. The third kappa shape index (κ3) is 6.40. The number of anilines is 1. The number of Topliss-reactive ketones (excluding diaryl/α,β-unsaturated/α-hetero) is 1. The van der Waals surface area contributed by atoms with Gasteiger partial charge in [0.2, 0.25) is 0 Å². The molecular weight excluding hydrogens is 408 g/mol. The van der Waals surface area contributed by atoms with E-state index >= 15 is 0 Å². The quantitative estimate of drug-likeness (QED) is 0.565. The fourth-order valence-electron chi connectivity index (χ4n) is 3.27. The van der Waals surface area contributed by atoms with Crippen molar-refractivity contribution in [2.75, 3.05) is 19.5 Å². The van der Waals surface area contributed by atoms with Gasteiger partial charge in [-0.25, -0.2) is 0 Å². The zero-order valence-corrected chi connectivity index (χ0v) is 18.8. The van der Waals surface area contributed by atoms with Crippen LogP contribution in [0.15, 0.2) is 48.5 Å². The number of nitrogens with zero attached hydrogens (tertiary/aromatic N) is 1. The molecule has 1 heterocycles. The number of pyridine rings is 1. The molecule has 0 radical (unpaired) electrons. The number of nitrogen functional groups attached to an aromatic ring is 1. The number of hydrogen-bond acceptors (Lipinski definition) is 7. The maximum Gasteiger partial charge on any atom is 0.373 e. The molecule has 0 aliphatic rings. The lowest BCUT2D eigenvalue weighted by atomic mass is 9.86. The first-order chi connectivity index (χ1) is 15.2. The van der Waals surface area contributed by atoms with E-state index in [-0.39, 0.29) is 18.5 Å². The summed E-state index contributed by atoms with van der Waals surface area (Å²) < 4.78 is 11.2. The van der Waals surface area contributed by atoms with Crippen molar-refractivity contribution in [2.45, 2.75) is 33.6 Å². The van der Waals surface area contributed by atoms with Crippen molar-refractivity contribution in [1.82, 2.24) is 4.98 Å². The van der Waals surface area contributed by atoms with Crippen molar-refractivity contribution in [3.05, 3.63) is 59.8 Å². The maximum absolute atomic E-state index is 12.8. The summed E-state index contributed by atoms with van der Waals surface area (Å²) in [6.45, 7) is 6.02. The molecule has 0 saturated heterocycles. The number of nitrogens with two attached hydrogens (primary N) is 1. The Labute approximate surface area is 187 Å². The third-order valence-corrected chi connectivity index (χ3v) is 5.10. The van der Waals surface area contributed by atoms with Gasteiger partial charge in [0, 0.05) is 17.8 Å². The van der Waals surface area contributed by atoms with Crippen LogP contribution in [0, 0.1) is 12.3 Å². The van der Waals surface area contributed by atoms with E-state index in [1.54, 1.807) is 7.11 Å². The van der Waals surface area contributed by atoms with Gasteiger partial charge in [0.05, 0.1) is 23.4 Å². The van der Waals surface area contributed by atoms with E-state index in [0.717, 1.165) is 27.9 Å². The molecule has 0 saturated carbocycles. The smallest absolute Gasteiger partial charge is 0.373 e. The highest BCUT2D eigenvalue weighted by molar-refractivity contribution is 5.95. The molecule has 0 amide bonds. The van der Waals surface area contributed by atoms with Crippen LogP contribution in [0.5, 0.6) is 11.5 Å². The zero-order valence-electron chi connectivity index (χ0n) is 18.8. The van der Waals surface area contributed by atoms with Gasteiger partial charge in [-0.2, -0.15) is 9.59 Å². The Morgan fingerprint density at radius 3 is 2.41 bits per heavy atom. The van der Waals surface area contributed by atoms with Crippen LogP contribution in [0.1, 0.15) is 31.5 Å². The first-order valence-electron chi connectivity index (χ1n) is 10.2. The number of carbonyl (C=O) groups excluding carboxylic acids is 3. The van der Waals surface area contributed by atoms with Crippen LogP contribution >= 0.6 is 0 Å². The molecule has 0 atom stereocenters. The highest BCUT2D eigenvalue weighted by atomic mass is 16.5. The summed E-state index contributed by atoms with van der Waals surface area (Å²) in [5, 5.41) is 0.791. The number of ketones is 1. The zero-order chi connectivity index (χ0) is 23.7. The van der Waals surface area contributed by atoms with Crippen LogP contribution in [-0.4, -0.2) is 30.6 Å². The van der Waals surface area contributed by atoms with E-state index in [4.69, 9.17) is 24.8 Å². The Kier molecular flexibility index (Phi) is 8.50. The molecule has 32 heavy (non-hydrogen) atoms. The molecule has 0 unspecified atom stereocenters. The van der Waals surface area contributed by atoms with Gasteiger partial charge in [-0.3, -0.25) is 9.78 Å². The molecule has 0 bridgehead atoms. The number of carbonyl (C=O) groups is 1. The number of hydrogen-bond donors (Lipinski definition) is 1. The Hall–Kier alpha value is -3.70. The minimum atomic E-state index is -0.610. The first-order valence-corrected chi connectivity index (χ1v) is 10.2. The van der Waals surface area contributed by atoms with Crippen molar-refractivity contribution in [1.29, 1.82) is 0 Å². The van der Waals surface area contributed by atoms with Gasteiger partial charge < -0.3 is 15.2 Å². The normalized spacial score (nSPS) is 10.6. The van der Waals surface area contributed by atoms with Crippen LogP contribution < -0.4 is 15.2 Å². The lowest BCUT2D eigenvalue weighted by Crippen LogP contribution is -2.31. The van der Waals surface area contributed by atoms with Gasteiger partial charge in [0.15, 0.2) is 0 Å². The second-order valence-corrected chi connectivity index (χ2v) is 8.03. The minimum Gasteiger partial charge on any atom is -0.497 e. The largest absolute Gasteiger partial charge is 0.497 e. The van der Waals surface area contributed by atoms with Crippen LogP contribution in [0.4, 0.5) is 5.69 Å². The lowest BCUT2D eigenvalue weighted by Gasteiger charge is -2.24. The molecule has 0 fully saturated rings. The second kappa shape index (κ2) is 11.1. The number of rotatable bonds is 8. The molecular formula is C25H28N2O5. The number of benzene rings is 2. The summed E-state index contributed by atoms with van der Waals surface area (Å²) in [4.78, 5) is 33.6. The lowest BCUT2D eigenvalue weighted by molar-refractivity contribution is -0.191. The number of ether oxygens (including phenoxy) is 2. The average Bonchev–Trinajstić information content (AvgIpc) is 2.76. The second-order valence-electron chi connectivity index (χ2n) is 8.03. The van der Waals surface area contributed by atoms with Gasteiger partial charge >= 0.3 is 6.15 Å². The van der Waals surface area contributed by atoms with E-state index in [2.05, 4.69) is 4.98 Å². The average molecular weight is 437 g/mol. The Bertz CT molecular complexity index is 1100. The maximum atomic E-state index is 12.8. The van der Waals surface area contributed by atoms with Gasteiger partial charge in [-0.1, -0.05) is 18.2 Å². The SMILES string of the molecule is COc1ccc(CCC(=O)C(C)(C)COc2cccc3nc(C)cc(N)c23)cc1.O=C=O. The number of aryl methyl sites for hydroxylation is 2. The van der Waals surface area contributed by atoms with E-state index in [0.29, 0.717) is 24.3 Å². The van der Waals surface area contributed by atoms with Gasteiger partial charge in [-0.15, -0.1) is 0 Å². The monoisotopic (exact) mass is 436 g/mol. The van der Waals surface area contributed by atoms with E-state index in [1.807, 2.05) is 69.3 Å². The standard InChI is InChI=1S/C24H28N2O3.CO2/c1-16-14-19(25)23-20(26-16)6-5-7-21(23)29-15-24(2,3)22(27)13-10-17-8-11-18(28-4)12-9-17;2-1-3/h5-9,11-12,14H,10,13,15H2,1-4H3,(H2,25,26);. The molecule has 1 aromatic heterocycles. The van der Waals surface area contributed by atoms with E-state index in [1.165, 1.54) is 0 Å².